The van der Waals surface area contributed by atoms with E-state index in [-0.39, 0.29) is 17.4 Å². The lowest BCUT2D eigenvalue weighted by Gasteiger charge is -2.23. The first-order chi connectivity index (χ1) is 17.8. The Hall–Kier alpha value is -4.17. The SMILES string of the molecule is COc1cccc([C@@H]2/C(=C(\O)c3ccc4c(c3)C[C@H](C)O4)C(=O)C(=O)N2c2nc3ccc(C)cc3s2)c1. The van der Waals surface area contributed by atoms with Crippen molar-refractivity contribution in [3.63, 3.8) is 0 Å². The molecule has 7 nitrogen and oxygen atoms in total. The molecule has 4 aromatic rings. The topological polar surface area (TPSA) is 89.0 Å². The summed E-state index contributed by atoms with van der Waals surface area (Å²) in [5, 5.41) is 11.9. The molecule has 3 heterocycles. The van der Waals surface area contributed by atoms with Crippen LogP contribution in [0, 0.1) is 6.92 Å². The lowest BCUT2D eigenvalue weighted by atomic mass is 9.94. The number of Topliss-reactive ketones (excluding diaryl/α,β-unsaturated/α-hetero) is 1. The molecule has 3 aromatic carbocycles. The summed E-state index contributed by atoms with van der Waals surface area (Å²) in [6, 6.07) is 17.5. The van der Waals surface area contributed by atoms with Gasteiger partial charge in [0.1, 0.15) is 23.4 Å². The molecular formula is C29H24N2O5S. The van der Waals surface area contributed by atoms with Gasteiger partial charge in [0.05, 0.1) is 28.9 Å². The van der Waals surface area contributed by atoms with Crippen molar-refractivity contribution in [2.45, 2.75) is 32.4 Å². The molecule has 8 heteroatoms. The summed E-state index contributed by atoms with van der Waals surface area (Å²) in [5.41, 5.74) is 3.87. The van der Waals surface area contributed by atoms with Gasteiger partial charge in [-0.25, -0.2) is 4.98 Å². The van der Waals surface area contributed by atoms with Crippen molar-refractivity contribution < 1.29 is 24.2 Å². The van der Waals surface area contributed by atoms with E-state index >= 15 is 0 Å². The Bertz CT molecular complexity index is 1620. The number of aryl methyl sites for hydroxylation is 1. The molecular weight excluding hydrogens is 488 g/mol. The molecule has 1 aromatic heterocycles. The first kappa shape index (κ1) is 23.2. The quantitative estimate of drug-likeness (QED) is 0.219. The molecule has 0 bridgehead atoms. The number of methoxy groups -OCH3 is 1. The van der Waals surface area contributed by atoms with Crippen LogP contribution in [0.3, 0.4) is 0 Å². The highest BCUT2D eigenvalue weighted by Crippen LogP contribution is 2.45. The number of aliphatic hydroxyl groups is 1. The Morgan fingerprint density at radius 1 is 1.14 bits per heavy atom. The van der Waals surface area contributed by atoms with Crippen LogP contribution >= 0.6 is 11.3 Å². The highest BCUT2D eigenvalue weighted by Gasteiger charge is 2.48. The van der Waals surface area contributed by atoms with Gasteiger partial charge in [-0.05, 0) is 73.0 Å². The molecule has 6 rings (SSSR count). The van der Waals surface area contributed by atoms with Crippen LogP contribution in [-0.2, 0) is 16.0 Å². The van der Waals surface area contributed by atoms with E-state index in [1.54, 1.807) is 37.4 Å². The fourth-order valence-electron chi connectivity index (χ4n) is 5.00. The average Bonchev–Trinajstić information content (AvgIpc) is 3.55. The van der Waals surface area contributed by atoms with E-state index in [4.69, 9.17) is 9.47 Å². The molecule has 2 aliphatic rings. The number of rotatable bonds is 4. The van der Waals surface area contributed by atoms with Gasteiger partial charge in [-0.3, -0.25) is 14.5 Å². The zero-order valence-corrected chi connectivity index (χ0v) is 21.3. The van der Waals surface area contributed by atoms with E-state index in [9.17, 15) is 14.7 Å². The number of benzene rings is 3. The van der Waals surface area contributed by atoms with Gasteiger partial charge in [-0.15, -0.1) is 0 Å². The van der Waals surface area contributed by atoms with Crippen LogP contribution in [0.4, 0.5) is 5.13 Å². The maximum atomic E-state index is 13.5. The monoisotopic (exact) mass is 512 g/mol. The van der Waals surface area contributed by atoms with Gasteiger partial charge in [-0.1, -0.05) is 29.5 Å². The smallest absolute Gasteiger partial charge is 0.301 e. The number of anilines is 1. The van der Waals surface area contributed by atoms with Crippen molar-refractivity contribution in [3.8, 4) is 11.5 Å². The molecule has 0 unspecified atom stereocenters. The van der Waals surface area contributed by atoms with Crippen molar-refractivity contribution >= 4 is 44.1 Å². The maximum Gasteiger partial charge on any atom is 0.301 e. The number of hydrogen-bond acceptors (Lipinski definition) is 7. The molecule has 0 saturated carbocycles. The molecule has 1 N–H and O–H groups in total. The Morgan fingerprint density at radius 3 is 2.78 bits per heavy atom. The predicted octanol–water partition coefficient (Wildman–Crippen LogP) is 5.56. The summed E-state index contributed by atoms with van der Waals surface area (Å²) in [5.74, 6) is -0.382. The van der Waals surface area contributed by atoms with E-state index in [1.165, 1.54) is 16.2 Å². The number of fused-ring (bicyclic) bond motifs is 2. The number of thiazole rings is 1. The zero-order valence-electron chi connectivity index (χ0n) is 20.5. The number of nitrogens with zero attached hydrogens (tertiary/aromatic N) is 2. The van der Waals surface area contributed by atoms with Crippen LogP contribution in [0.25, 0.3) is 16.0 Å². The molecule has 186 valence electrons. The third kappa shape index (κ3) is 3.84. The number of ether oxygens (including phenoxy) is 2. The number of aliphatic hydroxyl groups excluding tert-OH is 1. The van der Waals surface area contributed by atoms with Crippen LogP contribution in [0.2, 0.25) is 0 Å². The normalized spacial score (nSPS) is 20.4. The highest BCUT2D eigenvalue weighted by atomic mass is 32.1. The van der Waals surface area contributed by atoms with Gasteiger partial charge in [0.25, 0.3) is 5.78 Å². The van der Waals surface area contributed by atoms with E-state index in [0.29, 0.717) is 28.4 Å². The molecule has 2 atom stereocenters. The zero-order chi connectivity index (χ0) is 25.8. The Balaban J connectivity index is 1.54. The lowest BCUT2D eigenvalue weighted by molar-refractivity contribution is -0.132. The Labute approximate surface area is 217 Å². The van der Waals surface area contributed by atoms with Crippen molar-refractivity contribution in [3.05, 3.63) is 88.5 Å². The summed E-state index contributed by atoms with van der Waals surface area (Å²) in [4.78, 5) is 33.1. The first-order valence-corrected chi connectivity index (χ1v) is 12.8. The van der Waals surface area contributed by atoms with Gasteiger partial charge in [0, 0.05) is 12.0 Å². The average molecular weight is 513 g/mol. The van der Waals surface area contributed by atoms with Crippen molar-refractivity contribution in [1.29, 1.82) is 0 Å². The van der Waals surface area contributed by atoms with E-state index in [0.717, 1.165) is 27.1 Å². The minimum atomic E-state index is -0.875. The molecule has 1 saturated heterocycles. The minimum absolute atomic E-state index is 0.0144. The number of ketones is 1. The lowest BCUT2D eigenvalue weighted by Crippen LogP contribution is -2.29. The van der Waals surface area contributed by atoms with Gasteiger partial charge >= 0.3 is 5.91 Å². The number of amides is 1. The fraction of sp³-hybridized carbons (Fsp3) is 0.207. The van der Waals surface area contributed by atoms with E-state index in [1.807, 2.05) is 44.2 Å². The van der Waals surface area contributed by atoms with Gasteiger partial charge in [0.2, 0.25) is 0 Å². The second-order valence-corrected chi connectivity index (χ2v) is 10.4. The van der Waals surface area contributed by atoms with Crippen LogP contribution in [0.15, 0.2) is 66.2 Å². The molecule has 2 aliphatic heterocycles. The number of aromatic nitrogens is 1. The van der Waals surface area contributed by atoms with Crippen molar-refractivity contribution in [2.75, 3.05) is 12.0 Å². The second-order valence-electron chi connectivity index (χ2n) is 9.37. The largest absolute Gasteiger partial charge is 0.507 e. The number of carbonyl (C=O) groups is 2. The molecule has 0 spiro atoms. The predicted molar refractivity (Wildman–Crippen MR) is 142 cm³/mol. The molecule has 1 amide bonds. The van der Waals surface area contributed by atoms with Crippen molar-refractivity contribution in [1.82, 2.24) is 4.98 Å². The van der Waals surface area contributed by atoms with Crippen LogP contribution in [-0.4, -0.2) is 35.0 Å². The standard InChI is InChI=1S/C29H24N2O5S/c1-15-7-9-21-23(11-15)37-29(30-21)31-25(17-5-4-6-20(14-17)35-3)24(27(33)28(31)34)26(32)18-8-10-22-19(13-18)12-16(2)36-22/h4-11,13-14,16,25,32H,12H2,1-3H3/b26-24+/t16-,25+/m0/s1. The fourth-order valence-corrected chi connectivity index (χ4v) is 6.09. The van der Waals surface area contributed by atoms with Gasteiger partial charge in [0.15, 0.2) is 5.13 Å². The van der Waals surface area contributed by atoms with E-state index < -0.39 is 17.7 Å². The summed E-state index contributed by atoms with van der Waals surface area (Å²) >= 11 is 1.34. The minimum Gasteiger partial charge on any atom is -0.507 e. The van der Waals surface area contributed by atoms with Crippen LogP contribution < -0.4 is 14.4 Å². The highest BCUT2D eigenvalue weighted by molar-refractivity contribution is 7.22. The van der Waals surface area contributed by atoms with Crippen LogP contribution in [0.5, 0.6) is 11.5 Å². The summed E-state index contributed by atoms with van der Waals surface area (Å²) < 4.78 is 12.1. The third-order valence-corrected chi connectivity index (χ3v) is 7.78. The van der Waals surface area contributed by atoms with Gasteiger partial charge < -0.3 is 14.6 Å². The summed E-state index contributed by atoms with van der Waals surface area (Å²) in [7, 11) is 1.56. The third-order valence-electron chi connectivity index (χ3n) is 6.76. The summed E-state index contributed by atoms with van der Waals surface area (Å²) in [6.45, 7) is 3.97. The number of hydrogen-bond donors (Lipinski definition) is 1. The van der Waals surface area contributed by atoms with Crippen LogP contribution in [0.1, 0.15) is 35.2 Å². The maximum absolute atomic E-state index is 13.5. The second kappa shape index (κ2) is 8.74. The Kier molecular flexibility index (Phi) is 5.49. The Morgan fingerprint density at radius 2 is 1.97 bits per heavy atom. The van der Waals surface area contributed by atoms with Gasteiger partial charge in [-0.2, -0.15) is 0 Å². The summed E-state index contributed by atoms with van der Waals surface area (Å²) in [6.07, 6.45) is 0.743. The first-order valence-electron chi connectivity index (χ1n) is 12.0. The molecule has 1 fully saturated rings. The van der Waals surface area contributed by atoms with Crippen molar-refractivity contribution in [2.24, 2.45) is 0 Å². The molecule has 37 heavy (non-hydrogen) atoms. The molecule has 0 aliphatic carbocycles. The van der Waals surface area contributed by atoms with E-state index in [2.05, 4.69) is 4.98 Å². The molecule has 0 radical (unpaired) electrons. The number of carbonyl (C=O) groups excluding carboxylic acids is 2.